The van der Waals surface area contributed by atoms with Crippen LogP contribution in [0, 0.1) is 5.92 Å². The minimum atomic E-state index is 0. The first-order chi connectivity index (χ1) is 1.89. The summed E-state index contributed by atoms with van der Waals surface area (Å²) in [6.45, 7) is 2.28. The van der Waals surface area contributed by atoms with E-state index >= 15 is 0 Å². The molecule has 0 radical (unpaired) electrons. The van der Waals surface area contributed by atoms with E-state index in [0.717, 1.165) is 5.92 Å². The van der Waals surface area contributed by atoms with Crippen molar-refractivity contribution in [3.8, 4) is 0 Å². The lowest BCUT2D eigenvalue weighted by molar-refractivity contribution is 0.983. The van der Waals surface area contributed by atoms with Crippen LogP contribution in [0.3, 0.4) is 0 Å². The first-order valence-electron chi connectivity index (χ1n) is 1.89. The van der Waals surface area contributed by atoms with Crippen LogP contribution in [0.1, 0.15) is 19.8 Å². The van der Waals surface area contributed by atoms with Gasteiger partial charge in [0.1, 0.15) is 0 Å². The van der Waals surface area contributed by atoms with E-state index in [0.29, 0.717) is 0 Å². The van der Waals surface area contributed by atoms with Crippen molar-refractivity contribution in [2.45, 2.75) is 19.8 Å². The number of rotatable bonds is 0. The van der Waals surface area contributed by atoms with Crippen LogP contribution in [0.5, 0.6) is 0 Å². The van der Waals surface area contributed by atoms with Crippen LogP contribution in [0.4, 0.5) is 0 Å². The fraction of sp³-hybridized carbons (Fsp3) is 1.00. The molecule has 5 heavy (non-hydrogen) atoms. The molecule has 0 atom stereocenters. The molecule has 1 heteroatoms. The fourth-order valence-corrected chi connectivity index (χ4v) is 0.167. The quantitative estimate of drug-likeness (QED) is 0.464. The molecule has 0 aromatic rings. The predicted molar refractivity (Wildman–Crippen MR) is 23.4 cm³/mol. The lowest BCUT2D eigenvalue weighted by Gasteiger charge is -1.53. The SMILES string of the molecule is CC1CC1.N. The molecule has 0 saturated heterocycles. The highest BCUT2D eigenvalue weighted by molar-refractivity contribution is 4.65. The highest BCUT2D eigenvalue weighted by Gasteiger charge is 2.12. The summed E-state index contributed by atoms with van der Waals surface area (Å²) in [7, 11) is 0. The van der Waals surface area contributed by atoms with Gasteiger partial charge in [0.2, 0.25) is 0 Å². The standard InChI is InChI=1S/C4H8.H3N/c1-4-2-3-4;/h4H,2-3H2,1H3;1H3. The second kappa shape index (κ2) is 1.41. The molecule has 0 aliphatic heterocycles. The Hall–Kier alpha value is -0.0400. The van der Waals surface area contributed by atoms with E-state index in [1.165, 1.54) is 12.8 Å². The van der Waals surface area contributed by atoms with Gasteiger partial charge in [-0.3, -0.25) is 0 Å². The second-order valence-corrected chi connectivity index (χ2v) is 1.68. The maximum Gasteiger partial charge on any atom is -0.0443 e. The van der Waals surface area contributed by atoms with E-state index in [1.807, 2.05) is 0 Å². The van der Waals surface area contributed by atoms with E-state index in [1.54, 1.807) is 0 Å². The van der Waals surface area contributed by atoms with Gasteiger partial charge >= 0.3 is 0 Å². The van der Waals surface area contributed by atoms with Gasteiger partial charge in [0, 0.05) is 0 Å². The van der Waals surface area contributed by atoms with Gasteiger partial charge in [0.25, 0.3) is 0 Å². The Morgan fingerprint density at radius 1 is 1.40 bits per heavy atom. The van der Waals surface area contributed by atoms with Crippen molar-refractivity contribution in [2.75, 3.05) is 0 Å². The summed E-state index contributed by atoms with van der Waals surface area (Å²) in [6.07, 6.45) is 2.97. The molecule has 1 aliphatic rings. The molecule has 0 heterocycles. The number of hydrogen-bond donors (Lipinski definition) is 1. The molecule has 0 aromatic heterocycles. The Bertz CT molecular complexity index is 22.8. The van der Waals surface area contributed by atoms with Gasteiger partial charge in [0.15, 0.2) is 0 Å². The van der Waals surface area contributed by atoms with Crippen LogP contribution >= 0.6 is 0 Å². The first-order valence-corrected chi connectivity index (χ1v) is 1.89. The Morgan fingerprint density at radius 3 is 1.60 bits per heavy atom. The topological polar surface area (TPSA) is 35.0 Å². The molecule has 1 fully saturated rings. The molecule has 1 aliphatic carbocycles. The molecule has 0 aromatic carbocycles. The second-order valence-electron chi connectivity index (χ2n) is 1.68. The largest absolute Gasteiger partial charge is 0.344 e. The molecular formula is C4H11N. The molecular weight excluding hydrogens is 62.1 g/mol. The zero-order chi connectivity index (χ0) is 2.99. The van der Waals surface area contributed by atoms with E-state index in [-0.39, 0.29) is 6.15 Å². The van der Waals surface area contributed by atoms with Gasteiger partial charge in [-0.05, 0) is 5.92 Å². The summed E-state index contributed by atoms with van der Waals surface area (Å²) in [6, 6.07) is 0. The number of hydrogen-bond acceptors (Lipinski definition) is 1. The minimum absolute atomic E-state index is 0. The van der Waals surface area contributed by atoms with Gasteiger partial charge in [-0.15, -0.1) is 0 Å². The van der Waals surface area contributed by atoms with E-state index < -0.39 is 0 Å². The Morgan fingerprint density at radius 2 is 1.60 bits per heavy atom. The third-order valence-electron chi connectivity index (χ3n) is 0.866. The average Bonchev–Trinajstić information content (AvgIpc) is 1.75. The van der Waals surface area contributed by atoms with Crippen LogP contribution in [-0.4, -0.2) is 0 Å². The average molecular weight is 73.1 g/mol. The maximum atomic E-state index is 2.28. The van der Waals surface area contributed by atoms with Crippen LogP contribution in [0.15, 0.2) is 0 Å². The molecule has 0 spiro atoms. The highest BCUT2D eigenvalue weighted by Crippen LogP contribution is 2.26. The van der Waals surface area contributed by atoms with Crippen LogP contribution in [-0.2, 0) is 0 Å². The van der Waals surface area contributed by atoms with Gasteiger partial charge in [-0.1, -0.05) is 19.8 Å². The third kappa shape index (κ3) is 1.74. The van der Waals surface area contributed by atoms with Crippen molar-refractivity contribution >= 4 is 0 Å². The minimum Gasteiger partial charge on any atom is -0.344 e. The van der Waals surface area contributed by atoms with Crippen LogP contribution in [0.2, 0.25) is 0 Å². The smallest absolute Gasteiger partial charge is 0.0443 e. The van der Waals surface area contributed by atoms with Crippen LogP contribution < -0.4 is 6.15 Å². The van der Waals surface area contributed by atoms with Crippen molar-refractivity contribution in [3.05, 3.63) is 0 Å². The summed E-state index contributed by atoms with van der Waals surface area (Å²) in [5.74, 6) is 1.08. The molecule has 0 amide bonds. The zero-order valence-electron chi connectivity index (χ0n) is 3.70. The van der Waals surface area contributed by atoms with Crippen molar-refractivity contribution in [3.63, 3.8) is 0 Å². The maximum absolute atomic E-state index is 2.28. The van der Waals surface area contributed by atoms with E-state index in [2.05, 4.69) is 6.92 Å². The van der Waals surface area contributed by atoms with E-state index in [9.17, 15) is 0 Å². The fourth-order valence-electron chi connectivity index (χ4n) is 0.167. The monoisotopic (exact) mass is 73.1 g/mol. The predicted octanol–water partition coefficient (Wildman–Crippen LogP) is 1.58. The van der Waals surface area contributed by atoms with Crippen molar-refractivity contribution < 1.29 is 0 Å². The summed E-state index contributed by atoms with van der Waals surface area (Å²) in [4.78, 5) is 0. The van der Waals surface area contributed by atoms with Crippen LogP contribution in [0.25, 0.3) is 0 Å². The Labute approximate surface area is 33.0 Å². The third-order valence-corrected chi connectivity index (χ3v) is 0.866. The molecule has 3 N–H and O–H groups in total. The summed E-state index contributed by atoms with van der Waals surface area (Å²) in [5, 5.41) is 0. The van der Waals surface area contributed by atoms with Gasteiger partial charge in [-0.2, -0.15) is 0 Å². The lowest BCUT2D eigenvalue weighted by Crippen LogP contribution is -1.42. The summed E-state index contributed by atoms with van der Waals surface area (Å²) < 4.78 is 0. The highest BCUT2D eigenvalue weighted by atomic mass is 14.2. The molecule has 0 bridgehead atoms. The normalized spacial score (nSPS) is 21.0. The zero-order valence-corrected chi connectivity index (χ0v) is 3.70. The summed E-state index contributed by atoms with van der Waals surface area (Å²) in [5.41, 5.74) is 0. The van der Waals surface area contributed by atoms with Crippen molar-refractivity contribution in [1.29, 1.82) is 0 Å². The molecule has 1 rings (SSSR count). The lowest BCUT2D eigenvalue weighted by atomic mass is 10.5. The Kier molecular flexibility index (Phi) is 1.40. The van der Waals surface area contributed by atoms with Gasteiger partial charge < -0.3 is 6.15 Å². The Balaban J connectivity index is 0.000000160. The molecule has 32 valence electrons. The van der Waals surface area contributed by atoms with Crippen molar-refractivity contribution in [1.82, 2.24) is 6.15 Å². The first kappa shape index (κ1) is 4.96. The molecule has 1 saturated carbocycles. The molecule has 0 unspecified atom stereocenters. The van der Waals surface area contributed by atoms with Gasteiger partial charge in [0.05, 0.1) is 0 Å². The van der Waals surface area contributed by atoms with Crippen molar-refractivity contribution in [2.24, 2.45) is 5.92 Å². The van der Waals surface area contributed by atoms with E-state index in [4.69, 9.17) is 0 Å². The molecule has 1 nitrogen and oxygen atoms in total. The summed E-state index contributed by atoms with van der Waals surface area (Å²) >= 11 is 0. The van der Waals surface area contributed by atoms with Gasteiger partial charge in [-0.25, -0.2) is 0 Å².